The third-order valence-corrected chi connectivity index (χ3v) is 6.08. The molecule has 32 heavy (non-hydrogen) atoms. The van der Waals surface area contributed by atoms with Gasteiger partial charge < -0.3 is 10.1 Å². The third kappa shape index (κ3) is 5.83. The Kier molecular flexibility index (Phi) is 7.12. The van der Waals surface area contributed by atoms with Gasteiger partial charge in [0.15, 0.2) is 5.11 Å². The number of thiocarbonyl (C=S) groups is 1. The molecular formula is C23H23N3O4S2. The zero-order valence-corrected chi connectivity index (χ0v) is 19.4. The van der Waals surface area contributed by atoms with Crippen molar-refractivity contribution in [2.45, 2.75) is 18.7 Å². The van der Waals surface area contributed by atoms with Crippen molar-refractivity contribution < 1.29 is 17.9 Å². The van der Waals surface area contributed by atoms with E-state index >= 15 is 0 Å². The Labute approximate surface area is 192 Å². The molecule has 0 saturated heterocycles. The quantitative estimate of drug-likeness (QED) is 0.468. The second kappa shape index (κ2) is 9.80. The topological polar surface area (TPSA) is 96.5 Å². The normalized spacial score (nSPS) is 10.8. The standard InChI is InChI=1S/C23H23N3O4S2/c1-15-12-16(2)14-18(13-15)26-32(28,29)19-10-8-17(9-11-19)24-23(31)25-22(27)20-6-4-5-7-21(20)30-3/h4-14,26H,1-3H3,(H2,24,25,27,31). The first-order valence-corrected chi connectivity index (χ1v) is 11.5. The number of benzene rings is 3. The molecule has 0 heterocycles. The Morgan fingerprint density at radius 1 is 0.906 bits per heavy atom. The van der Waals surface area contributed by atoms with Crippen molar-refractivity contribution in [3.05, 3.63) is 83.4 Å². The molecule has 3 rings (SSSR count). The maximum absolute atomic E-state index is 12.7. The molecule has 166 valence electrons. The molecule has 3 aromatic carbocycles. The van der Waals surface area contributed by atoms with E-state index in [0.29, 0.717) is 22.7 Å². The number of amides is 1. The fourth-order valence-electron chi connectivity index (χ4n) is 3.13. The summed E-state index contributed by atoms with van der Waals surface area (Å²) >= 11 is 5.19. The van der Waals surface area contributed by atoms with E-state index in [0.717, 1.165) is 11.1 Å². The number of nitrogens with one attached hydrogen (secondary N) is 3. The molecule has 3 N–H and O–H groups in total. The van der Waals surface area contributed by atoms with Crippen LogP contribution in [0.3, 0.4) is 0 Å². The van der Waals surface area contributed by atoms with Crippen LogP contribution in [0.1, 0.15) is 21.5 Å². The van der Waals surface area contributed by atoms with Crippen LogP contribution in [-0.2, 0) is 10.0 Å². The first-order valence-electron chi connectivity index (χ1n) is 9.64. The highest BCUT2D eigenvalue weighted by Crippen LogP contribution is 2.21. The summed E-state index contributed by atoms with van der Waals surface area (Å²) < 4.78 is 33.2. The summed E-state index contributed by atoms with van der Waals surface area (Å²) in [4.78, 5) is 12.5. The number of methoxy groups -OCH3 is 1. The lowest BCUT2D eigenvalue weighted by Crippen LogP contribution is -2.34. The lowest BCUT2D eigenvalue weighted by molar-refractivity contribution is 0.0974. The third-order valence-electron chi connectivity index (χ3n) is 4.48. The summed E-state index contributed by atoms with van der Waals surface area (Å²) in [5.74, 6) is 0.00968. The summed E-state index contributed by atoms with van der Waals surface area (Å²) in [6, 6.07) is 18.3. The number of aryl methyl sites for hydroxylation is 2. The highest BCUT2D eigenvalue weighted by Gasteiger charge is 2.16. The molecule has 0 aliphatic carbocycles. The van der Waals surface area contributed by atoms with Gasteiger partial charge in [0.2, 0.25) is 0 Å². The number of rotatable bonds is 6. The number of para-hydroxylation sites is 1. The van der Waals surface area contributed by atoms with Gasteiger partial charge in [0, 0.05) is 11.4 Å². The number of hydrogen-bond acceptors (Lipinski definition) is 5. The molecule has 0 radical (unpaired) electrons. The second-order valence-corrected chi connectivity index (χ2v) is 9.21. The first-order chi connectivity index (χ1) is 15.2. The van der Waals surface area contributed by atoms with Gasteiger partial charge in [-0.1, -0.05) is 18.2 Å². The molecule has 0 aromatic heterocycles. The van der Waals surface area contributed by atoms with Gasteiger partial charge in [0.1, 0.15) is 5.75 Å². The Hall–Kier alpha value is -3.43. The van der Waals surface area contributed by atoms with Gasteiger partial charge in [0.05, 0.1) is 17.6 Å². The summed E-state index contributed by atoms with van der Waals surface area (Å²) in [6.07, 6.45) is 0. The molecule has 0 fully saturated rings. The van der Waals surface area contributed by atoms with Crippen LogP contribution in [0.25, 0.3) is 0 Å². The zero-order valence-electron chi connectivity index (χ0n) is 17.8. The largest absolute Gasteiger partial charge is 0.496 e. The Bertz CT molecular complexity index is 1240. The fraction of sp³-hybridized carbons (Fsp3) is 0.130. The van der Waals surface area contributed by atoms with Crippen LogP contribution in [0.2, 0.25) is 0 Å². The zero-order chi connectivity index (χ0) is 23.3. The molecule has 9 heteroatoms. The predicted octanol–water partition coefficient (Wildman–Crippen LogP) is 4.24. The summed E-state index contributed by atoms with van der Waals surface area (Å²) in [5, 5.41) is 5.52. The van der Waals surface area contributed by atoms with E-state index in [4.69, 9.17) is 17.0 Å². The molecular weight excluding hydrogens is 446 g/mol. The van der Waals surface area contributed by atoms with Gasteiger partial charge in [0.25, 0.3) is 15.9 Å². The van der Waals surface area contributed by atoms with Crippen molar-refractivity contribution in [3.63, 3.8) is 0 Å². The van der Waals surface area contributed by atoms with Crippen molar-refractivity contribution in [2.75, 3.05) is 17.1 Å². The Morgan fingerprint density at radius 2 is 1.53 bits per heavy atom. The van der Waals surface area contributed by atoms with E-state index < -0.39 is 15.9 Å². The van der Waals surface area contributed by atoms with Crippen molar-refractivity contribution in [3.8, 4) is 5.75 Å². The first kappa shape index (κ1) is 23.2. The number of sulfonamides is 1. The van der Waals surface area contributed by atoms with Gasteiger partial charge in [-0.05, 0) is 85.7 Å². The van der Waals surface area contributed by atoms with Crippen LogP contribution in [0.15, 0.2) is 71.6 Å². The van der Waals surface area contributed by atoms with Gasteiger partial charge in [-0.3, -0.25) is 14.8 Å². The minimum Gasteiger partial charge on any atom is -0.496 e. The van der Waals surface area contributed by atoms with Gasteiger partial charge in [-0.25, -0.2) is 8.42 Å². The minimum absolute atomic E-state index is 0.0740. The van der Waals surface area contributed by atoms with Gasteiger partial charge >= 0.3 is 0 Å². The van der Waals surface area contributed by atoms with E-state index in [2.05, 4.69) is 15.4 Å². The van der Waals surface area contributed by atoms with Crippen molar-refractivity contribution in [2.24, 2.45) is 0 Å². The number of carbonyl (C=O) groups is 1. The summed E-state index contributed by atoms with van der Waals surface area (Å²) in [6.45, 7) is 3.81. The van der Waals surface area contributed by atoms with E-state index in [1.807, 2.05) is 19.9 Å². The minimum atomic E-state index is -3.75. The monoisotopic (exact) mass is 469 g/mol. The van der Waals surface area contributed by atoms with Crippen LogP contribution >= 0.6 is 12.2 Å². The Balaban J connectivity index is 1.66. The molecule has 1 amide bonds. The van der Waals surface area contributed by atoms with Gasteiger partial charge in [-0.15, -0.1) is 0 Å². The van der Waals surface area contributed by atoms with Crippen LogP contribution in [0, 0.1) is 13.8 Å². The van der Waals surface area contributed by atoms with Crippen LogP contribution in [0.5, 0.6) is 5.75 Å². The number of ether oxygens (including phenoxy) is 1. The van der Waals surface area contributed by atoms with Gasteiger partial charge in [-0.2, -0.15) is 0 Å². The molecule has 0 spiro atoms. The number of carbonyl (C=O) groups excluding carboxylic acids is 1. The van der Waals surface area contributed by atoms with E-state index in [1.54, 1.807) is 48.5 Å². The van der Waals surface area contributed by atoms with E-state index in [-0.39, 0.29) is 10.0 Å². The molecule has 0 atom stereocenters. The number of hydrogen-bond donors (Lipinski definition) is 3. The second-order valence-electron chi connectivity index (χ2n) is 7.11. The SMILES string of the molecule is COc1ccccc1C(=O)NC(=S)Nc1ccc(S(=O)(=O)Nc2cc(C)cc(C)c2)cc1. The lowest BCUT2D eigenvalue weighted by atomic mass is 10.1. The number of anilines is 2. The average Bonchev–Trinajstić information content (AvgIpc) is 2.72. The molecule has 0 saturated carbocycles. The molecule has 0 bridgehead atoms. The van der Waals surface area contributed by atoms with Crippen LogP contribution in [-0.4, -0.2) is 26.5 Å². The summed E-state index contributed by atoms with van der Waals surface area (Å²) in [7, 11) is -2.27. The van der Waals surface area contributed by atoms with Crippen molar-refractivity contribution >= 4 is 44.6 Å². The highest BCUT2D eigenvalue weighted by atomic mass is 32.2. The molecule has 0 aliphatic heterocycles. The molecule has 3 aromatic rings. The molecule has 0 unspecified atom stereocenters. The fourth-order valence-corrected chi connectivity index (χ4v) is 4.38. The summed E-state index contributed by atoms with van der Waals surface area (Å²) in [5.41, 5.74) is 3.31. The van der Waals surface area contributed by atoms with Crippen LogP contribution in [0.4, 0.5) is 11.4 Å². The molecule has 7 nitrogen and oxygen atoms in total. The maximum atomic E-state index is 12.7. The Morgan fingerprint density at radius 3 is 2.16 bits per heavy atom. The van der Waals surface area contributed by atoms with E-state index in [9.17, 15) is 13.2 Å². The average molecular weight is 470 g/mol. The molecule has 0 aliphatic rings. The smallest absolute Gasteiger partial charge is 0.261 e. The predicted molar refractivity (Wildman–Crippen MR) is 130 cm³/mol. The van der Waals surface area contributed by atoms with Crippen LogP contribution < -0.4 is 20.1 Å². The highest BCUT2D eigenvalue weighted by molar-refractivity contribution is 7.92. The van der Waals surface area contributed by atoms with Crippen molar-refractivity contribution in [1.82, 2.24) is 5.32 Å². The van der Waals surface area contributed by atoms with E-state index in [1.165, 1.54) is 19.2 Å². The van der Waals surface area contributed by atoms with Crippen molar-refractivity contribution in [1.29, 1.82) is 0 Å². The lowest BCUT2D eigenvalue weighted by Gasteiger charge is -2.13. The maximum Gasteiger partial charge on any atom is 0.261 e.